The molecule has 8 nitrogen and oxygen atoms in total. The number of carbonyl (C=O) groups is 2. The number of esters is 1. The number of benzene rings is 1. The quantitative estimate of drug-likeness (QED) is 0.711. The van der Waals surface area contributed by atoms with Crippen LogP contribution >= 0.6 is 0 Å². The molecule has 0 aliphatic rings. The van der Waals surface area contributed by atoms with E-state index >= 15 is 0 Å². The van der Waals surface area contributed by atoms with E-state index in [-0.39, 0.29) is 30.6 Å². The van der Waals surface area contributed by atoms with Crippen LogP contribution in [-0.4, -0.2) is 38.2 Å². The van der Waals surface area contributed by atoms with Crippen molar-refractivity contribution in [2.45, 2.75) is 13.3 Å². The average Bonchev–Trinajstić information content (AvgIpc) is 2.95. The summed E-state index contributed by atoms with van der Waals surface area (Å²) in [4.78, 5) is 32.7. The van der Waals surface area contributed by atoms with Crippen LogP contribution < -0.4 is 5.32 Å². The zero-order chi connectivity index (χ0) is 17.8. The van der Waals surface area contributed by atoms with Crippen LogP contribution in [0.2, 0.25) is 0 Å². The molecule has 0 saturated carbocycles. The number of nitrogens with zero attached hydrogens (tertiary/aromatic N) is 4. The molecule has 0 aliphatic carbocycles. The Balaban J connectivity index is 1.88. The SMILES string of the molecule is CCOC(=O)c1nc(NC(=O)Cc2ccccc2)nc2nn(C)cc12. The number of nitrogens with one attached hydrogen (secondary N) is 1. The van der Waals surface area contributed by atoms with Gasteiger partial charge in [-0.15, -0.1) is 0 Å². The van der Waals surface area contributed by atoms with Crippen molar-refractivity contribution in [1.29, 1.82) is 0 Å². The van der Waals surface area contributed by atoms with E-state index in [1.807, 2.05) is 30.3 Å². The van der Waals surface area contributed by atoms with E-state index in [0.29, 0.717) is 11.0 Å². The predicted octanol–water partition coefficient (Wildman–Crippen LogP) is 1.72. The molecule has 0 bridgehead atoms. The van der Waals surface area contributed by atoms with Crippen molar-refractivity contribution in [3.05, 3.63) is 47.8 Å². The highest BCUT2D eigenvalue weighted by molar-refractivity contribution is 6.01. The van der Waals surface area contributed by atoms with Crippen LogP contribution in [-0.2, 0) is 23.0 Å². The molecule has 0 atom stereocenters. The first-order chi connectivity index (χ1) is 12.1. The molecule has 0 spiro atoms. The normalized spacial score (nSPS) is 10.6. The lowest BCUT2D eigenvalue weighted by Gasteiger charge is -2.06. The molecule has 1 amide bonds. The van der Waals surface area contributed by atoms with Crippen LogP contribution in [0.3, 0.4) is 0 Å². The molecule has 1 aromatic carbocycles. The fourth-order valence-electron chi connectivity index (χ4n) is 2.38. The fourth-order valence-corrected chi connectivity index (χ4v) is 2.38. The van der Waals surface area contributed by atoms with Crippen molar-refractivity contribution in [3.8, 4) is 0 Å². The van der Waals surface area contributed by atoms with Gasteiger partial charge in [-0.2, -0.15) is 10.1 Å². The number of amides is 1. The lowest BCUT2D eigenvalue weighted by atomic mass is 10.1. The highest BCUT2D eigenvalue weighted by atomic mass is 16.5. The van der Waals surface area contributed by atoms with Gasteiger partial charge in [-0.05, 0) is 12.5 Å². The number of hydrogen-bond donors (Lipinski definition) is 1. The number of rotatable bonds is 5. The summed E-state index contributed by atoms with van der Waals surface area (Å²) in [6.07, 6.45) is 1.82. The molecule has 0 radical (unpaired) electrons. The van der Waals surface area contributed by atoms with E-state index < -0.39 is 5.97 Å². The molecule has 2 heterocycles. The zero-order valence-electron chi connectivity index (χ0n) is 13.9. The van der Waals surface area contributed by atoms with Crippen molar-refractivity contribution in [3.63, 3.8) is 0 Å². The van der Waals surface area contributed by atoms with Gasteiger partial charge >= 0.3 is 5.97 Å². The number of anilines is 1. The van der Waals surface area contributed by atoms with Crippen LogP contribution in [0, 0.1) is 0 Å². The van der Waals surface area contributed by atoms with Gasteiger partial charge in [-0.3, -0.25) is 14.8 Å². The highest BCUT2D eigenvalue weighted by Gasteiger charge is 2.19. The van der Waals surface area contributed by atoms with E-state index in [4.69, 9.17) is 4.74 Å². The topological polar surface area (TPSA) is 99.0 Å². The van der Waals surface area contributed by atoms with Crippen molar-refractivity contribution < 1.29 is 14.3 Å². The Labute approximate surface area is 143 Å². The summed E-state index contributed by atoms with van der Waals surface area (Å²) in [5.74, 6) is -0.840. The molecule has 128 valence electrons. The molecule has 2 aromatic heterocycles. The maximum Gasteiger partial charge on any atom is 0.357 e. The molecule has 1 N–H and O–H groups in total. The van der Waals surface area contributed by atoms with Gasteiger partial charge in [-0.1, -0.05) is 30.3 Å². The maximum absolute atomic E-state index is 12.2. The Morgan fingerprint density at radius 1 is 1.20 bits per heavy atom. The summed E-state index contributed by atoms with van der Waals surface area (Å²) in [6, 6.07) is 9.31. The van der Waals surface area contributed by atoms with E-state index in [2.05, 4.69) is 20.4 Å². The second-order valence-electron chi connectivity index (χ2n) is 5.37. The first-order valence-corrected chi connectivity index (χ1v) is 7.79. The Morgan fingerprint density at radius 3 is 2.68 bits per heavy atom. The second-order valence-corrected chi connectivity index (χ2v) is 5.37. The van der Waals surface area contributed by atoms with Gasteiger partial charge in [0.2, 0.25) is 11.9 Å². The molecule has 0 fully saturated rings. The smallest absolute Gasteiger partial charge is 0.357 e. The number of hydrogen-bond acceptors (Lipinski definition) is 6. The minimum Gasteiger partial charge on any atom is -0.461 e. The van der Waals surface area contributed by atoms with Crippen molar-refractivity contribution in [2.75, 3.05) is 11.9 Å². The Hall–Kier alpha value is -3.29. The third kappa shape index (κ3) is 3.79. The average molecular weight is 339 g/mol. The van der Waals surface area contributed by atoms with E-state index in [9.17, 15) is 9.59 Å². The van der Waals surface area contributed by atoms with Gasteiger partial charge in [0.1, 0.15) is 0 Å². The minimum atomic E-state index is -0.582. The van der Waals surface area contributed by atoms with Gasteiger partial charge in [0.05, 0.1) is 18.4 Å². The van der Waals surface area contributed by atoms with Crippen LogP contribution in [0.15, 0.2) is 36.5 Å². The third-order valence-electron chi connectivity index (χ3n) is 3.42. The van der Waals surface area contributed by atoms with Crippen molar-refractivity contribution in [2.24, 2.45) is 7.05 Å². The summed E-state index contributed by atoms with van der Waals surface area (Å²) in [5, 5.41) is 7.26. The van der Waals surface area contributed by atoms with Crippen molar-refractivity contribution >= 4 is 28.9 Å². The maximum atomic E-state index is 12.2. The fraction of sp³-hybridized carbons (Fsp3) is 0.235. The second kappa shape index (κ2) is 7.08. The first-order valence-electron chi connectivity index (χ1n) is 7.79. The molecule has 0 saturated heterocycles. The van der Waals surface area contributed by atoms with Gasteiger partial charge < -0.3 is 4.74 Å². The van der Waals surface area contributed by atoms with Gasteiger partial charge in [0, 0.05) is 13.2 Å². The number of aromatic nitrogens is 4. The van der Waals surface area contributed by atoms with Gasteiger partial charge in [-0.25, -0.2) is 9.78 Å². The lowest BCUT2D eigenvalue weighted by Crippen LogP contribution is -2.18. The third-order valence-corrected chi connectivity index (χ3v) is 3.42. The lowest BCUT2D eigenvalue weighted by molar-refractivity contribution is -0.115. The first kappa shape index (κ1) is 16.6. The van der Waals surface area contributed by atoms with E-state index in [0.717, 1.165) is 5.56 Å². The summed E-state index contributed by atoms with van der Waals surface area (Å²) >= 11 is 0. The molecule has 8 heteroatoms. The molecule has 3 aromatic rings. The monoisotopic (exact) mass is 339 g/mol. The van der Waals surface area contributed by atoms with Crippen LogP contribution in [0.5, 0.6) is 0 Å². The summed E-state index contributed by atoms with van der Waals surface area (Å²) in [7, 11) is 1.71. The molecule has 0 unspecified atom stereocenters. The van der Waals surface area contributed by atoms with Crippen LogP contribution in [0.4, 0.5) is 5.95 Å². The molecule has 25 heavy (non-hydrogen) atoms. The number of fused-ring (bicyclic) bond motifs is 1. The van der Waals surface area contributed by atoms with Crippen LogP contribution in [0.25, 0.3) is 11.0 Å². The zero-order valence-corrected chi connectivity index (χ0v) is 13.9. The number of carbonyl (C=O) groups excluding carboxylic acids is 2. The van der Waals surface area contributed by atoms with Gasteiger partial charge in [0.15, 0.2) is 11.3 Å². The highest BCUT2D eigenvalue weighted by Crippen LogP contribution is 2.17. The van der Waals surface area contributed by atoms with Crippen molar-refractivity contribution in [1.82, 2.24) is 19.7 Å². The van der Waals surface area contributed by atoms with E-state index in [1.54, 1.807) is 20.2 Å². The Kier molecular flexibility index (Phi) is 4.69. The molecule has 3 rings (SSSR count). The standard InChI is InChI=1S/C17H17N5O3/c1-3-25-16(24)14-12-10-22(2)21-15(12)20-17(19-14)18-13(23)9-11-7-5-4-6-8-11/h4-8,10H,3,9H2,1-2H3,(H,18,20,21,23). The van der Waals surface area contributed by atoms with Crippen LogP contribution in [0.1, 0.15) is 23.0 Å². The summed E-state index contributed by atoms with van der Waals surface area (Å²) < 4.78 is 6.55. The largest absolute Gasteiger partial charge is 0.461 e. The molecular weight excluding hydrogens is 322 g/mol. The Bertz CT molecular complexity index is 921. The minimum absolute atomic E-state index is 0.0233. The summed E-state index contributed by atoms with van der Waals surface area (Å²) in [6.45, 7) is 1.93. The summed E-state index contributed by atoms with van der Waals surface area (Å²) in [5.41, 5.74) is 1.26. The Morgan fingerprint density at radius 2 is 1.96 bits per heavy atom. The van der Waals surface area contributed by atoms with Gasteiger partial charge in [0.25, 0.3) is 0 Å². The predicted molar refractivity (Wildman–Crippen MR) is 91.0 cm³/mol. The van der Waals surface area contributed by atoms with E-state index in [1.165, 1.54) is 4.68 Å². The number of aryl methyl sites for hydroxylation is 1. The molecule has 0 aliphatic heterocycles. The number of ether oxygens (including phenoxy) is 1. The molecular formula is C17H17N5O3.